The topological polar surface area (TPSA) is 35.2 Å². The molecule has 0 aliphatic rings. The van der Waals surface area contributed by atoms with Crippen molar-refractivity contribution in [3.05, 3.63) is 20.0 Å². The molecular formula is C8H8Br2ClNO. The van der Waals surface area contributed by atoms with Gasteiger partial charge in [0.15, 0.2) is 0 Å². The molecule has 0 saturated heterocycles. The van der Waals surface area contributed by atoms with Gasteiger partial charge in [0.2, 0.25) is 0 Å². The molecule has 0 unspecified atom stereocenters. The molecule has 13 heavy (non-hydrogen) atoms. The smallest absolute Gasteiger partial charge is 0.144 e. The molecule has 2 N–H and O–H groups in total. The van der Waals surface area contributed by atoms with E-state index in [-0.39, 0.29) is 0 Å². The molecule has 0 aliphatic carbocycles. The fourth-order valence-electron chi connectivity index (χ4n) is 0.862. The molecule has 72 valence electrons. The number of halogens is 3. The lowest BCUT2D eigenvalue weighted by Gasteiger charge is -2.10. The van der Waals surface area contributed by atoms with Crippen LogP contribution in [0.25, 0.3) is 0 Å². The largest absolute Gasteiger partial charge is 0.492 e. The third-order valence-electron chi connectivity index (χ3n) is 1.46. The van der Waals surface area contributed by atoms with Crippen molar-refractivity contribution in [2.75, 3.05) is 12.3 Å². The summed E-state index contributed by atoms with van der Waals surface area (Å²) < 4.78 is 6.73. The summed E-state index contributed by atoms with van der Waals surface area (Å²) in [6.07, 6.45) is 0. The van der Waals surface area contributed by atoms with Crippen LogP contribution in [-0.2, 0) is 0 Å². The fourth-order valence-corrected chi connectivity index (χ4v) is 2.10. The van der Waals surface area contributed by atoms with Crippen LogP contribution in [0.3, 0.4) is 0 Å². The molecule has 0 spiro atoms. The standard InChI is InChI=1S/C8H8Br2ClNO/c1-2-13-5-3-4(9)7(11)6(10)8(5)12/h3H,2,12H2,1H3. The quantitative estimate of drug-likeness (QED) is 0.661. The second-order valence-electron chi connectivity index (χ2n) is 2.33. The number of benzene rings is 1. The molecule has 0 aromatic heterocycles. The van der Waals surface area contributed by atoms with E-state index in [0.717, 1.165) is 4.47 Å². The van der Waals surface area contributed by atoms with Gasteiger partial charge in [-0.2, -0.15) is 0 Å². The lowest BCUT2D eigenvalue weighted by molar-refractivity contribution is 0.341. The number of hydrogen-bond acceptors (Lipinski definition) is 2. The van der Waals surface area contributed by atoms with Gasteiger partial charge in [-0.25, -0.2) is 0 Å². The Morgan fingerprint density at radius 3 is 2.69 bits per heavy atom. The Labute approximate surface area is 98.7 Å². The SMILES string of the molecule is CCOc1cc(Br)c(Cl)c(Br)c1N. The molecule has 1 rings (SSSR count). The van der Waals surface area contributed by atoms with Gasteiger partial charge in [-0.3, -0.25) is 0 Å². The van der Waals surface area contributed by atoms with Gasteiger partial charge in [-0.15, -0.1) is 0 Å². The van der Waals surface area contributed by atoms with Crippen LogP contribution >= 0.6 is 43.5 Å². The Bertz CT molecular complexity index is 330. The van der Waals surface area contributed by atoms with Gasteiger partial charge in [0.25, 0.3) is 0 Å². The number of ether oxygens (including phenoxy) is 1. The van der Waals surface area contributed by atoms with Gasteiger partial charge in [0.05, 0.1) is 21.8 Å². The summed E-state index contributed by atoms with van der Waals surface area (Å²) in [7, 11) is 0. The molecule has 1 aromatic rings. The zero-order chi connectivity index (χ0) is 10.0. The molecule has 0 saturated carbocycles. The highest BCUT2D eigenvalue weighted by molar-refractivity contribution is 9.11. The predicted octanol–water partition coefficient (Wildman–Crippen LogP) is 3.85. The Kier molecular flexibility index (Phi) is 3.88. The number of rotatable bonds is 2. The number of nitrogen functional groups attached to an aromatic ring is 1. The van der Waals surface area contributed by atoms with E-state index in [1.807, 2.05) is 6.92 Å². The molecular weight excluding hydrogens is 321 g/mol. The van der Waals surface area contributed by atoms with Crippen molar-refractivity contribution in [3.63, 3.8) is 0 Å². The van der Waals surface area contributed by atoms with Crippen LogP contribution in [0.15, 0.2) is 15.0 Å². The Balaban J connectivity index is 3.24. The van der Waals surface area contributed by atoms with E-state index in [4.69, 9.17) is 22.1 Å². The van der Waals surface area contributed by atoms with Crippen LogP contribution in [0, 0.1) is 0 Å². The van der Waals surface area contributed by atoms with E-state index in [2.05, 4.69) is 31.9 Å². The first kappa shape index (κ1) is 11.1. The van der Waals surface area contributed by atoms with Crippen LogP contribution < -0.4 is 10.5 Å². The second kappa shape index (κ2) is 4.53. The van der Waals surface area contributed by atoms with Crippen molar-refractivity contribution in [3.8, 4) is 5.75 Å². The van der Waals surface area contributed by atoms with Crippen molar-refractivity contribution >= 4 is 49.1 Å². The minimum absolute atomic E-state index is 0.523. The predicted molar refractivity (Wildman–Crippen MR) is 62.4 cm³/mol. The number of anilines is 1. The zero-order valence-electron chi connectivity index (χ0n) is 6.90. The van der Waals surface area contributed by atoms with Crippen LogP contribution in [-0.4, -0.2) is 6.61 Å². The van der Waals surface area contributed by atoms with Gasteiger partial charge in [0.1, 0.15) is 5.75 Å². The summed E-state index contributed by atoms with van der Waals surface area (Å²) in [5, 5.41) is 0.556. The number of hydrogen-bond donors (Lipinski definition) is 1. The maximum atomic E-state index is 5.93. The van der Waals surface area contributed by atoms with Crippen LogP contribution in [0.5, 0.6) is 5.75 Å². The van der Waals surface area contributed by atoms with Crippen molar-refractivity contribution in [1.82, 2.24) is 0 Å². The zero-order valence-corrected chi connectivity index (χ0v) is 10.8. The Hall–Kier alpha value is 0.0700. The maximum Gasteiger partial charge on any atom is 0.144 e. The maximum absolute atomic E-state index is 5.93. The Morgan fingerprint density at radius 2 is 2.15 bits per heavy atom. The van der Waals surface area contributed by atoms with Gasteiger partial charge < -0.3 is 10.5 Å². The van der Waals surface area contributed by atoms with E-state index in [9.17, 15) is 0 Å². The lowest BCUT2D eigenvalue weighted by Crippen LogP contribution is -1.98. The van der Waals surface area contributed by atoms with Gasteiger partial charge in [-0.05, 0) is 44.8 Å². The second-order valence-corrected chi connectivity index (χ2v) is 4.36. The number of nitrogens with two attached hydrogens (primary N) is 1. The first-order valence-electron chi connectivity index (χ1n) is 3.63. The van der Waals surface area contributed by atoms with Crippen molar-refractivity contribution in [2.24, 2.45) is 0 Å². The van der Waals surface area contributed by atoms with Gasteiger partial charge in [-0.1, -0.05) is 11.6 Å². The van der Waals surface area contributed by atoms with E-state index in [0.29, 0.717) is 27.5 Å². The molecule has 0 radical (unpaired) electrons. The normalized spacial score (nSPS) is 10.2. The molecule has 1 aromatic carbocycles. The summed E-state index contributed by atoms with van der Waals surface area (Å²) in [5.74, 6) is 0.630. The highest BCUT2D eigenvalue weighted by Gasteiger charge is 2.11. The summed E-state index contributed by atoms with van der Waals surface area (Å²) in [6.45, 7) is 2.47. The van der Waals surface area contributed by atoms with E-state index in [1.54, 1.807) is 6.07 Å². The van der Waals surface area contributed by atoms with Crippen LogP contribution in [0.1, 0.15) is 6.92 Å². The molecule has 0 fully saturated rings. The minimum Gasteiger partial charge on any atom is -0.492 e. The molecule has 0 aliphatic heterocycles. The summed E-state index contributed by atoms with van der Waals surface area (Å²) in [6, 6.07) is 1.76. The average molecular weight is 329 g/mol. The molecule has 0 atom stereocenters. The van der Waals surface area contributed by atoms with E-state index < -0.39 is 0 Å². The van der Waals surface area contributed by atoms with E-state index in [1.165, 1.54) is 0 Å². The first-order valence-corrected chi connectivity index (χ1v) is 5.60. The van der Waals surface area contributed by atoms with E-state index >= 15 is 0 Å². The fraction of sp³-hybridized carbons (Fsp3) is 0.250. The summed E-state index contributed by atoms with van der Waals surface area (Å²) in [4.78, 5) is 0. The molecule has 5 heteroatoms. The molecule has 0 amide bonds. The van der Waals surface area contributed by atoms with Gasteiger partial charge >= 0.3 is 0 Å². The van der Waals surface area contributed by atoms with Crippen LogP contribution in [0.2, 0.25) is 5.02 Å². The third kappa shape index (κ3) is 2.30. The highest BCUT2D eigenvalue weighted by atomic mass is 79.9. The monoisotopic (exact) mass is 327 g/mol. The molecule has 0 heterocycles. The Morgan fingerprint density at radius 1 is 1.54 bits per heavy atom. The van der Waals surface area contributed by atoms with Crippen LogP contribution in [0.4, 0.5) is 5.69 Å². The summed E-state index contributed by atoms with van der Waals surface area (Å²) in [5.41, 5.74) is 6.28. The minimum atomic E-state index is 0.523. The highest BCUT2D eigenvalue weighted by Crippen LogP contribution is 2.40. The van der Waals surface area contributed by atoms with Crippen molar-refractivity contribution in [1.29, 1.82) is 0 Å². The van der Waals surface area contributed by atoms with Gasteiger partial charge in [0, 0.05) is 4.47 Å². The molecule has 2 nitrogen and oxygen atoms in total. The third-order valence-corrected chi connectivity index (χ3v) is 3.76. The molecule has 0 bridgehead atoms. The first-order chi connectivity index (χ1) is 6.07. The summed E-state index contributed by atoms with van der Waals surface area (Å²) >= 11 is 12.5. The lowest BCUT2D eigenvalue weighted by atomic mass is 10.3. The van der Waals surface area contributed by atoms with Crippen molar-refractivity contribution in [2.45, 2.75) is 6.92 Å². The van der Waals surface area contributed by atoms with Crippen molar-refractivity contribution < 1.29 is 4.74 Å². The average Bonchev–Trinajstić information content (AvgIpc) is 2.11.